The summed E-state index contributed by atoms with van der Waals surface area (Å²) in [5.74, 6) is 0.544. The summed E-state index contributed by atoms with van der Waals surface area (Å²) in [6.45, 7) is 11.7. The number of carbonyl (C=O) groups is 1. The van der Waals surface area contributed by atoms with E-state index in [1.807, 2.05) is 20.8 Å². The van der Waals surface area contributed by atoms with E-state index < -0.39 is 0 Å². The van der Waals surface area contributed by atoms with Crippen LogP contribution in [0.4, 0.5) is 0 Å². The lowest BCUT2D eigenvalue weighted by atomic mass is 10.1. The number of rotatable bonds is 6. The van der Waals surface area contributed by atoms with Gasteiger partial charge in [0, 0.05) is 7.97 Å². The van der Waals surface area contributed by atoms with Crippen molar-refractivity contribution in [3.05, 3.63) is 0 Å². The normalized spacial score (nSPS) is 13.7. The van der Waals surface area contributed by atoms with E-state index in [2.05, 4.69) is 19.2 Å². The SMILES string of the molecule is CCC(C)CNCCC(=O)OC(C)(C)C.[HH]. The summed E-state index contributed by atoms with van der Waals surface area (Å²) in [4.78, 5) is 11.3. The Morgan fingerprint density at radius 1 is 1.47 bits per heavy atom. The van der Waals surface area contributed by atoms with Gasteiger partial charge in [-0.2, -0.15) is 0 Å². The van der Waals surface area contributed by atoms with Gasteiger partial charge in [-0.05, 0) is 33.2 Å². The molecule has 0 spiro atoms. The molecule has 0 amide bonds. The third kappa shape index (κ3) is 9.73. The maximum absolute atomic E-state index is 11.3. The van der Waals surface area contributed by atoms with E-state index in [1.54, 1.807) is 0 Å². The molecule has 0 fully saturated rings. The Bertz CT molecular complexity index is 190. The molecule has 0 saturated carbocycles. The Hall–Kier alpha value is -0.570. The molecule has 0 aliphatic carbocycles. The molecule has 0 radical (unpaired) electrons. The first-order chi connectivity index (χ1) is 6.85. The van der Waals surface area contributed by atoms with Crippen LogP contribution < -0.4 is 5.32 Å². The van der Waals surface area contributed by atoms with Crippen molar-refractivity contribution in [3.63, 3.8) is 0 Å². The highest BCUT2D eigenvalue weighted by Crippen LogP contribution is 2.07. The largest absolute Gasteiger partial charge is 0.460 e. The molecule has 0 rings (SSSR count). The Morgan fingerprint density at radius 2 is 2.07 bits per heavy atom. The predicted octanol–water partition coefficient (Wildman–Crippen LogP) is 2.60. The van der Waals surface area contributed by atoms with Gasteiger partial charge >= 0.3 is 5.97 Å². The maximum Gasteiger partial charge on any atom is 0.307 e. The summed E-state index contributed by atoms with van der Waals surface area (Å²) >= 11 is 0. The smallest absolute Gasteiger partial charge is 0.307 e. The molecule has 0 aromatic heterocycles. The summed E-state index contributed by atoms with van der Waals surface area (Å²) in [5.41, 5.74) is -0.367. The van der Waals surface area contributed by atoms with E-state index in [9.17, 15) is 4.79 Å². The average Bonchev–Trinajstić information content (AvgIpc) is 2.09. The molecule has 3 nitrogen and oxygen atoms in total. The van der Waals surface area contributed by atoms with Crippen molar-refractivity contribution in [2.75, 3.05) is 13.1 Å². The first kappa shape index (κ1) is 14.4. The highest BCUT2D eigenvalue weighted by atomic mass is 16.6. The second-order valence-electron chi connectivity index (χ2n) is 5.05. The molecule has 1 atom stereocenters. The lowest BCUT2D eigenvalue weighted by Crippen LogP contribution is -2.28. The van der Waals surface area contributed by atoms with Crippen LogP contribution in [-0.4, -0.2) is 24.7 Å². The third-order valence-corrected chi connectivity index (χ3v) is 2.12. The zero-order valence-corrected chi connectivity index (χ0v) is 10.7. The van der Waals surface area contributed by atoms with Crippen LogP contribution in [0, 0.1) is 5.92 Å². The van der Waals surface area contributed by atoms with E-state index in [0.29, 0.717) is 18.9 Å². The first-order valence-electron chi connectivity index (χ1n) is 5.77. The number of hydrogen-bond donors (Lipinski definition) is 1. The topological polar surface area (TPSA) is 38.3 Å². The predicted molar refractivity (Wildman–Crippen MR) is 64.9 cm³/mol. The van der Waals surface area contributed by atoms with Crippen LogP contribution in [0.1, 0.15) is 48.9 Å². The van der Waals surface area contributed by atoms with Crippen LogP contribution in [0.2, 0.25) is 0 Å². The van der Waals surface area contributed by atoms with Crippen LogP contribution in [-0.2, 0) is 9.53 Å². The zero-order valence-electron chi connectivity index (χ0n) is 10.7. The molecule has 92 valence electrons. The Morgan fingerprint density at radius 3 is 2.53 bits per heavy atom. The van der Waals surface area contributed by atoms with E-state index in [4.69, 9.17) is 4.74 Å². The highest BCUT2D eigenvalue weighted by Gasteiger charge is 2.15. The molecule has 1 N–H and O–H groups in total. The standard InChI is InChI=1S/C12H25NO2.H2/c1-6-10(2)9-13-8-7-11(14)15-12(3,4)5;/h10,13H,6-9H2,1-5H3;1H. The summed E-state index contributed by atoms with van der Waals surface area (Å²) < 4.78 is 5.19. The monoisotopic (exact) mass is 217 g/mol. The molecule has 1 unspecified atom stereocenters. The summed E-state index contributed by atoms with van der Waals surface area (Å²) in [6, 6.07) is 0. The van der Waals surface area contributed by atoms with E-state index in [-0.39, 0.29) is 13.0 Å². The Balaban J connectivity index is 0. The minimum absolute atomic E-state index is 0. The van der Waals surface area contributed by atoms with E-state index >= 15 is 0 Å². The van der Waals surface area contributed by atoms with Gasteiger partial charge in [-0.3, -0.25) is 4.79 Å². The average molecular weight is 217 g/mol. The van der Waals surface area contributed by atoms with Crippen molar-refractivity contribution in [2.24, 2.45) is 5.92 Å². The van der Waals surface area contributed by atoms with Crippen molar-refractivity contribution in [3.8, 4) is 0 Å². The first-order valence-corrected chi connectivity index (χ1v) is 5.77. The fourth-order valence-electron chi connectivity index (χ4n) is 1.08. The quantitative estimate of drug-likeness (QED) is 0.549. The summed E-state index contributed by atoms with van der Waals surface area (Å²) in [5, 5.41) is 3.25. The second-order valence-corrected chi connectivity index (χ2v) is 5.05. The fraction of sp³-hybridized carbons (Fsp3) is 0.917. The van der Waals surface area contributed by atoms with Crippen molar-refractivity contribution < 1.29 is 11.0 Å². The zero-order chi connectivity index (χ0) is 11.9. The van der Waals surface area contributed by atoms with Crippen LogP contribution in [0.5, 0.6) is 0 Å². The second kappa shape index (κ2) is 6.83. The number of ether oxygens (including phenoxy) is 1. The molecule has 3 heteroatoms. The number of esters is 1. The molecule has 0 aliphatic heterocycles. The molecule has 0 bridgehead atoms. The van der Waals surface area contributed by atoms with Crippen molar-refractivity contribution in [2.45, 2.75) is 53.1 Å². The van der Waals surface area contributed by atoms with E-state index in [1.165, 1.54) is 6.42 Å². The van der Waals surface area contributed by atoms with Crippen LogP contribution >= 0.6 is 0 Å². The van der Waals surface area contributed by atoms with Crippen molar-refractivity contribution >= 4 is 5.97 Å². The molecule has 0 heterocycles. The third-order valence-electron chi connectivity index (χ3n) is 2.12. The number of hydrogen-bond acceptors (Lipinski definition) is 3. The van der Waals surface area contributed by atoms with Crippen LogP contribution in [0.3, 0.4) is 0 Å². The van der Waals surface area contributed by atoms with Gasteiger partial charge in [0.05, 0.1) is 6.42 Å². The van der Waals surface area contributed by atoms with Crippen LogP contribution in [0.15, 0.2) is 0 Å². The lowest BCUT2D eigenvalue weighted by molar-refractivity contribution is -0.154. The Labute approximate surface area is 95.1 Å². The van der Waals surface area contributed by atoms with Gasteiger partial charge in [0.25, 0.3) is 0 Å². The van der Waals surface area contributed by atoms with Crippen molar-refractivity contribution in [1.82, 2.24) is 5.32 Å². The molecular formula is C12H27NO2. The summed E-state index contributed by atoms with van der Waals surface area (Å²) in [6.07, 6.45) is 1.62. The molecule has 0 aliphatic rings. The molecule has 0 saturated heterocycles. The Kier molecular flexibility index (Phi) is 6.57. The lowest BCUT2D eigenvalue weighted by Gasteiger charge is -2.19. The number of carbonyl (C=O) groups excluding carboxylic acids is 1. The van der Waals surface area contributed by atoms with Gasteiger partial charge in [-0.15, -0.1) is 0 Å². The van der Waals surface area contributed by atoms with Gasteiger partial charge in [0.1, 0.15) is 5.60 Å². The minimum atomic E-state index is -0.367. The number of nitrogens with one attached hydrogen (secondary N) is 1. The molecule has 0 aromatic rings. The van der Waals surface area contributed by atoms with Gasteiger partial charge in [-0.1, -0.05) is 20.3 Å². The fourth-order valence-corrected chi connectivity index (χ4v) is 1.08. The minimum Gasteiger partial charge on any atom is -0.460 e. The molecular weight excluding hydrogens is 190 g/mol. The van der Waals surface area contributed by atoms with Gasteiger partial charge in [0.2, 0.25) is 0 Å². The molecule has 15 heavy (non-hydrogen) atoms. The maximum atomic E-state index is 11.3. The van der Waals surface area contributed by atoms with Gasteiger partial charge in [-0.25, -0.2) is 0 Å². The molecule has 0 aromatic carbocycles. The van der Waals surface area contributed by atoms with Gasteiger partial charge < -0.3 is 10.1 Å². The van der Waals surface area contributed by atoms with E-state index in [0.717, 1.165) is 6.54 Å². The van der Waals surface area contributed by atoms with Crippen molar-refractivity contribution in [1.29, 1.82) is 0 Å². The summed E-state index contributed by atoms with van der Waals surface area (Å²) in [7, 11) is 0. The van der Waals surface area contributed by atoms with Gasteiger partial charge in [0.15, 0.2) is 0 Å². The highest BCUT2D eigenvalue weighted by molar-refractivity contribution is 5.70. The van der Waals surface area contributed by atoms with Crippen LogP contribution in [0.25, 0.3) is 0 Å².